The molecule has 0 aromatic heterocycles. The molecule has 0 spiro atoms. The summed E-state index contributed by atoms with van der Waals surface area (Å²) in [6.45, 7) is 6.99. The molecule has 2 atom stereocenters. The van der Waals surface area contributed by atoms with Gasteiger partial charge in [0.05, 0.1) is 16.5 Å². The highest BCUT2D eigenvalue weighted by atomic mass is 35.5. The maximum absolute atomic E-state index is 13.4. The number of benzene rings is 2. The molecule has 5 nitrogen and oxygen atoms in total. The fraction of sp³-hybridized carbons (Fsp3) is 0.417. The number of ketones is 1. The number of rotatable bonds is 4. The summed E-state index contributed by atoms with van der Waals surface area (Å²) in [6, 6.07) is 10.2. The lowest BCUT2D eigenvalue weighted by atomic mass is 9.95. The monoisotopic (exact) mass is 443 g/mol. The van der Waals surface area contributed by atoms with Gasteiger partial charge in [0.15, 0.2) is 0 Å². The first-order valence-corrected chi connectivity index (χ1v) is 10.9. The number of anilines is 1. The molecule has 0 saturated carbocycles. The van der Waals surface area contributed by atoms with E-state index in [9.17, 15) is 14.0 Å². The average Bonchev–Trinajstić information content (AvgIpc) is 3.05. The van der Waals surface area contributed by atoms with Crippen molar-refractivity contribution in [2.24, 2.45) is 0 Å². The number of fused-ring (bicyclic) bond motifs is 1. The maximum atomic E-state index is 13.4. The molecule has 1 fully saturated rings. The Morgan fingerprint density at radius 2 is 1.84 bits per heavy atom. The summed E-state index contributed by atoms with van der Waals surface area (Å²) in [5.74, 6) is -0.474. The van der Waals surface area contributed by atoms with Gasteiger partial charge in [0.25, 0.3) is 5.91 Å². The molecule has 2 aliphatic rings. The van der Waals surface area contributed by atoms with Gasteiger partial charge < -0.3 is 9.80 Å². The number of carbonyl (C=O) groups excluding carboxylic acids is 2. The lowest BCUT2D eigenvalue weighted by Crippen LogP contribution is -2.53. The molecule has 1 amide bonds. The number of carbonyl (C=O) groups is 2. The summed E-state index contributed by atoms with van der Waals surface area (Å²) in [7, 11) is 1.93. The Bertz CT molecular complexity index is 1010. The Balaban J connectivity index is 1.50. The Kier molecular flexibility index (Phi) is 6.04. The van der Waals surface area contributed by atoms with Crippen LogP contribution in [-0.2, 0) is 11.3 Å². The molecule has 164 valence electrons. The number of halogens is 2. The number of piperazine rings is 1. The maximum Gasteiger partial charge on any atom is 0.255 e. The number of amides is 1. The normalized spacial score (nSPS) is 21.3. The highest BCUT2D eigenvalue weighted by molar-refractivity contribution is 6.34. The molecule has 4 rings (SSSR count). The second-order valence-corrected chi connectivity index (χ2v) is 9.05. The molecule has 2 aromatic carbocycles. The fourth-order valence-electron chi connectivity index (χ4n) is 4.65. The van der Waals surface area contributed by atoms with Gasteiger partial charge >= 0.3 is 0 Å². The summed E-state index contributed by atoms with van der Waals surface area (Å²) in [4.78, 5) is 31.6. The first kappa shape index (κ1) is 21.8. The van der Waals surface area contributed by atoms with Crippen molar-refractivity contribution < 1.29 is 14.0 Å². The van der Waals surface area contributed by atoms with Gasteiger partial charge in [-0.25, -0.2) is 4.39 Å². The predicted octanol–water partition coefficient (Wildman–Crippen LogP) is 3.95. The molecule has 1 saturated heterocycles. The van der Waals surface area contributed by atoms with Crippen LogP contribution >= 0.6 is 11.6 Å². The first-order chi connectivity index (χ1) is 14.7. The van der Waals surface area contributed by atoms with Crippen LogP contribution < -0.4 is 4.90 Å². The van der Waals surface area contributed by atoms with Crippen LogP contribution in [0.4, 0.5) is 10.1 Å². The van der Waals surface area contributed by atoms with Crippen molar-refractivity contribution in [3.63, 3.8) is 0 Å². The second-order valence-electron chi connectivity index (χ2n) is 8.64. The number of hydrogen-bond donors (Lipinski definition) is 0. The summed E-state index contributed by atoms with van der Waals surface area (Å²) < 4.78 is 13.1. The van der Waals surface area contributed by atoms with Crippen molar-refractivity contribution in [2.75, 3.05) is 38.1 Å². The molecule has 7 heteroatoms. The molecule has 2 heterocycles. The average molecular weight is 444 g/mol. The zero-order valence-electron chi connectivity index (χ0n) is 18.1. The van der Waals surface area contributed by atoms with E-state index in [1.165, 1.54) is 12.1 Å². The van der Waals surface area contributed by atoms with Crippen LogP contribution in [0.15, 0.2) is 36.4 Å². The lowest BCUT2D eigenvalue weighted by Gasteiger charge is -2.40. The minimum absolute atomic E-state index is 0.0114. The zero-order valence-corrected chi connectivity index (χ0v) is 18.8. The quantitative estimate of drug-likeness (QED) is 0.717. The molecule has 0 radical (unpaired) electrons. The van der Waals surface area contributed by atoms with Crippen LogP contribution in [0.1, 0.15) is 41.3 Å². The lowest BCUT2D eigenvalue weighted by molar-refractivity contribution is -0.118. The number of Topliss-reactive ketones (excluding diaryl/α,β-unsaturated/α-hetero) is 1. The van der Waals surface area contributed by atoms with E-state index in [4.69, 9.17) is 11.6 Å². The van der Waals surface area contributed by atoms with E-state index < -0.39 is 0 Å². The smallest absolute Gasteiger partial charge is 0.255 e. The van der Waals surface area contributed by atoms with E-state index in [2.05, 4.69) is 4.90 Å². The van der Waals surface area contributed by atoms with Crippen LogP contribution in [-0.4, -0.2) is 60.8 Å². The molecule has 2 aromatic rings. The molecule has 31 heavy (non-hydrogen) atoms. The molecular formula is C24H27ClFN3O2. The van der Waals surface area contributed by atoms with Crippen molar-refractivity contribution in [3.8, 4) is 0 Å². The van der Waals surface area contributed by atoms with Gasteiger partial charge in [-0.1, -0.05) is 23.7 Å². The van der Waals surface area contributed by atoms with Gasteiger partial charge in [0.2, 0.25) is 0 Å². The summed E-state index contributed by atoms with van der Waals surface area (Å²) in [5, 5.41) is 0.417. The third-order valence-electron chi connectivity index (χ3n) is 6.37. The van der Waals surface area contributed by atoms with Crippen LogP contribution in [0.5, 0.6) is 0 Å². The minimum Gasteiger partial charge on any atom is -0.373 e. The highest BCUT2D eigenvalue weighted by Crippen LogP contribution is 2.39. The highest BCUT2D eigenvalue weighted by Gasteiger charge is 2.34. The Morgan fingerprint density at radius 3 is 2.48 bits per heavy atom. The van der Waals surface area contributed by atoms with E-state index in [0.29, 0.717) is 23.7 Å². The predicted molar refractivity (Wildman–Crippen MR) is 120 cm³/mol. The van der Waals surface area contributed by atoms with Crippen molar-refractivity contribution in [1.29, 1.82) is 0 Å². The number of likely N-dealkylation sites (N-methyl/N-ethyl adjacent to an activating group) is 1. The molecule has 2 aliphatic heterocycles. The summed E-state index contributed by atoms with van der Waals surface area (Å²) in [6.07, 6.45) is 0. The van der Waals surface area contributed by atoms with Gasteiger partial charge in [0, 0.05) is 51.5 Å². The largest absolute Gasteiger partial charge is 0.373 e. The van der Waals surface area contributed by atoms with Crippen molar-refractivity contribution >= 4 is 29.0 Å². The van der Waals surface area contributed by atoms with Gasteiger partial charge in [-0.2, -0.15) is 0 Å². The zero-order chi connectivity index (χ0) is 22.3. The van der Waals surface area contributed by atoms with Crippen molar-refractivity contribution in [3.05, 3.63) is 63.9 Å². The van der Waals surface area contributed by atoms with Gasteiger partial charge in [-0.15, -0.1) is 0 Å². The van der Waals surface area contributed by atoms with Crippen LogP contribution in [0.25, 0.3) is 0 Å². The van der Waals surface area contributed by atoms with Crippen LogP contribution in [0.3, 0.4) is 0 Å². The SMILES string of the molecule is CC(=O)C1CN(C)c2cc(Cl)c(C(=O)N3CCN(Cc4ccc(F)cc4)CC3C)cc21. The minimum atomic E-state index is -0.239. The van der Waals surface area contributed by atoms with E-state index >= 15 is 0 Å². The van der Waals surface area contributed by atoms with Gasteiger partial charge in [-0.3, -0.25) is 14.5 Å². The Hall–Kier alpha value is -2.44. The van der Waals surface area contributed by atoms with Crippen LogP contribution in [0.2, 0.25) is 5.02 Å². The second kappa shape index (κ2) is 8.60. The number of hydrogen-bond acceptors (Lipinski definition) is 4. The van der Waals surface area contributed by atoms with E-state index in [1.807, 2.05) is 35.9 Å². The topological polar surface area (TPSA) is 43.9 Å². The molecule has 2 unspecified atom stereocenters. The Morgan fingerprint density at radius 1 is 1.13 bits per heavy atom. The molecule has 0 aliphatic carbocycles. The van der Waals surface area contributed by atoms with Crippen LogP contribution in [0, 0.1) is 5.82 Å². The van der Waals surface area contributed by atoms with E-state index in [1.54, 1.807) is 19.1 Å². The van der Waals surface area contributed by atoms with Gasteiger partial charge in [0.1, 0.15) is 11.6 Å². The summed E-state index contributed by atoms with van der Waals surface area (Å²) in [5.41, 5.74) is 3.31. The third kappa shape index (κ3) is 4.32. The third-order valence-corrected chi connectivity index (χ3v) is 6.69. The fourth-order valence-corrected chi connectivity index (χ4v) is 4.89. The Labute approximate surface area is 187 Å². The van der Waals surface area contributed by atoms with E-state index in [-0.39, 0.29) is 29.5 Å². The molecule has 0 bridgehead atoms. The molecule has 0 N–H and O–H groups in total. The first-order valence-electron chi connectivity index (χ1n) is 10.6. The van der Waals surface area contributed by atoms with Crippen molar-refractivity contribution in [2.45, 2.75) is 32.4 Å². The van der Waals surface area contributed by atoms with E-state index in [0.717, 1.165) is 36.4 Å². The van der Waals surface area contributed by atoms with Crippen molar-refractivity contribution in [1.82, 2.24) is 9.80 Å². The summed E-state index contributed by atoms with van der Waals surface area (Å²) >= 11 is 6.51. The standard InChI is InChI=1S/C24H27ClFN3O2/c1-15-12-28(13-17-4-6-18(26)7-5-17)8-9-29(15)24(31)20-10-19-21(16(2)30)14-27(3)23(19)11-22(20)25/h4-7,10-11,15,21H,8-9,12-14H2,1-3H3. The molecular weight excluding hydrogens is 417 g/mol. The number of nitrogens with zero attached hydrogens (tertiary/aromatic N) is 3. The van der Waals surface area contributed by atoms with Gasteiger partial charge in [-0.05, 0) is 49.2 Å².